The maximum atomic E-state index is 13.7. The van der Waals surface area contributed by atoms with Gasteiger partial charge in [0, 0.05) is 13.0 Å². The Hall–Kier alpha value is -1.93. The summed E-state index contributed by atoms with van der Waals surface area (Å²) in [4.78, 5) is 13.7. The van der Waals surface area contributed by atoms with Gasteiger partial charge in [0.15, 0.2) is 0 Å². The van der Waals surface area contributed by atoms with Gasteiger partial charge in [0.2, 0.25) is 0 Å². The zero-order valence-corrected chi connectivity index (χ0v) is 17.5. The molecule has 1 aliphatic carbocycles. The molecule has 0 saturated carbocycles. The minimum Gasteiger partial charge on any atom is -0.380 e. The molecule has 2 aromatic rings. The van der Waals surface area contributed by atoms with Gasteiger partial charge in [-0.1, -0.05) is 94.5 Å². The number of fused-ring (bicyclic) bond motifs is 3. The van der Waals surface area contributed by atoms with Crippen LogP contribution in [0.2, 0.25) is 0 Å². The predicted octanol–water partition coefficient (Wildman–Crippen LogP) is 6.70. The highest BCUT2D eigenvalue weighted by molar-refractivity contribution is 6.01. The summed E-state index contributed by atoms with van der Waals surface area (Å²) in [5.41, 5.74) is 3.99. The molecule has 0 aliphatic heterocycles. The third kappa shape index (κ3) is 4.07. The highest BCUT2D eigenvalue weighted by Gasteiger charge is 2.48. The average molecular weight is 379 g/mol. The topological polar surface area (TPSA) is 26.3 Å². The fraction of sp³-hybridized carbons (Fsp3) is 0.500. The van der Waals surface area contributed by atoms with E-state index in [1.54, 1.807) is 0 Å². The van der Waals surface area contributed by atoms with Crippen LogP contribution < -0.4 is 0 Å². The van der Waals surface area contributed by atoms with Crippen molar-refractivity contribution in [2.24, 2.45) is 0 Å². The molecule has 2 aromatic carbocycles. The molecular formula is C26H34O2. The quantitative estimate of drug-likeness (QED) is 0.384. The molecule has 0 aromatic heterocycles. The van der Waals surface area contributed by atoms with Crippen LogP contribution in [-0.4, -0.2) is 19.0 Å². The van der Waals surface area contributed by atoms with E-state index in [9.17, 15) is 4.79 Å². The number of unbranched alkanes of at least 4 members (excludes halogenated alkanes) is 5. The second kappa shape index (κ2) is 10.0. The molecule has 2 heteroatoms. The highest BCUT2D eigenvalue weighted by Crippen LogP contribution is 2.50. The van der Waals surface area contributed by atoms with Crippen LogP contribution in [-0.2, 0) is 14.9 Å². The van der Waals surface area contributed by atoms with Crippen LogP contribution in [0.4, 0.5) is 0 Å². The lowest BCUT2D eigenvalue weighted by molar-refractivity contribution is -0.125. The first-order valence-corrected chi connectivity index (χ1v) is 11.1. The first-order chi connectivity index (χ1) is 13.8. The molecule has 2 nitrogen and oxygen atoms in total. The van der Waals surface area contributed by atoms with Crippen LogP contribution in [0.3, 0.4) is 0 Å². The number of Topliss-reactive ketones (excluding diaryl/α,β-unsaturated/α-hetero) is 1. The Balaban J connectivity index is 1.87. The third-order valence-electron chi connectivity index (χ3n) is 5.96. The van der Waals surface area contributed by atoms with Crippen LogP contribution in [0.15, 0.2) is 48.5 Å². The van der Waals surface area contributed by atoms with E-state index < -0.39 is 5.41 Å². The number of hydrogen-bond donors (Lipinski definition) is 0. The van der Waals surface area contributed by atoms with Gasteiger partial charge in [-0.15, -0.1) is 0 Å². The fourth-order valence-electron chi connectivity index (χ4n) is 4.51. The van der Waals surface area contributed by atoms with Crippen LogP contribution in [0, 0.1) is 0 Å². The fourth-order valence-corrected chi connectivity index (χ4v) is 4.51. The molecule has 0 atom stereocenters. The van der Waals surface area contributed by atoms with Gasteiger partial charge in [-0.3, -0.25) is 4.79 Å². The van der Waals surface area contributed by atoms with Crippen molar-refractivity contribution in [1.29, 1.82) is 0 Å². The molecule has 0 fully saturated rings. The van der Waals surface area contributed by atoms with Gasteiger partial charge >= 0.3 is 0 Å². The van der Waals surface area contributed by atoms with E-state index in [1.165, 1.54) is 36.8 Å². The lowest BCUT2D eigenvalue weighted by Crippen LogP contribution is -2.40. The van der Waals surface area contributed by atoms with Crippen LogP contribution in [0.1, 0.15) is 76.3 Å². The van der Waals surface area contributed by atoms with Crippen molar-refractivity contribution in [1.82, 2.24) is 0 Å². The largest absolute Gasteiger partial charge is 0.380 e. The molecule has 150 valence electrons. The van der Waals surface area contributed by atoms with Crippen molar-refractivity contribution in [2.45, 2.75) is 70.6 Å². The summed E-state index contributed by atoms with van der Waals surface area (Å²) >= 11 is 0. The Morgan fingerprint density at radius 2 is 1.36 bits per heavy atom. The van der Waals surface area contributed by atoms with Crippen LogP contribution >= 0.6 is 0 Å². The lowest BCUT2D eigenvalue weighted by atomic mass is 9.73. The molecule has 0 unspecified atom stereocenters. The van der Waals surface area contributed by atoms with Gasteiger partial charge in [-0.25, -0.2) is 0 Å². The number of ether oxygens (including phenoxy) is 1. The van der Waals surface area contributed by atoms with Crippen molar-refractivity contribution in [2.75, 3.05) is 13.2 Å². The minimum absolute atomic E-state index is 0.316. The summed E-state index contributed by atoms with van der Waals surface area (Å²) in [7, 11) is 0. The molecule has 0 amide bonds. The Morgan fingerprint density at radius 1 is 0.786 bits per heavy atom. The van der Waals surface area contributed by atoms with E-state index in [-0.39, 0.29) is 0 Å². The van der Waals surface area contributed by atoms with E-state index in [0.29, 0.717) is 25.4 Å². The molecule has 3 rings (SSSR count). The van der Waals surface area contributed by atoms with Crippen LogP contribution in [0.5, 0.6) is 0 Å². The summed E-state index contributed by atoms with van der Waals surface area (Å²) in [5, 5.41) is 0. The molecule has 0 saturated heterocycles. The number of ketones is 1. The van der Waals surface area contributed by atoms with Crippen LogP contribution in [0.25, 0.3) is 11.1 Å². The second-order valence-electron chi connectivity index (χ2n) is 7.99. The Bertz CT molecular complexity index is 732. The summed E-state index contributed by atoms with van der Waals surface area (Å²) in [6, 6.07) is 16.8. The molecule has 28 heavy (non-hydrogen) atoms. The van der Waals surface area contributed by atoms with Gasteiger partial charge in [0.25, 0.3) is 0 Å². The van der Waals surface area contributed by atoms with Crippen molar-refractivity contribution in [3.63, 3.8) is 0 Å². The van der Waals surface area contributed by atoms with Gasteiger partial charge in [-0.2, -0.15) is 0 Å². The summed E-state index contributed by atoms with van der Waals surface area (Å²) in [6.45, 7) is 5.49. The molecule has 0 heterocycles. The van der Waals surface area contributed by atoms with E-state index >= 15 is 0 Å². The number of carbonyl (C=O) groups is 1. The predicted molar refractivity (Wildman–Crippen MR) is 117 cm³/mol. The molecule has 0 radical (unpaired) electrons. The Morgan fingerprint density at radius 3 is 1.96 bits per heavy atom. The van der Waals surface area contributed by atoms with Gasteiger partial charge < -0.3 is 4.74 Å². The first kappa shape index (κ1) is 20.8. The summed E-state index contributed by atoms with van der Waals surface area (Å²) < 4.78 is 6.04. The molecule has 0 spiro atoms. The summed E-state index contributed by atoms with van der Waals surface area (Å²) in [5.74, 6) is 0.316. The van der Waals surface area contributed by atoms with E-state index in [0.717, 1.165) is 30.4 Å². The molecule has 0 N–H and O–H groups in total. The number of benzene rings is 2. The van der Waals surface area contributed by atoms with E-state index in [4.69, 9.17) is 4.74 Å². The molecule has 1 aliphatic rings. The maximum absolute atomic E-state index is 13.7. The van der Waals surface area contributed by atoms with Gasteiger partial charge in [-0.05, 0) is 35.1 Å². The standard InChI is InChI=1S/C26H34O2/c1-3-5-6-7-8-9-18-25(27)26(20-28-19-4-2)23-16-12-10-14-21(23)22-15-11-13-17-24(22)26/h10-17H,3-9,18-20H2,1-2H3. The van der Waals surface area contributed by atoms with Crippen molar-refractivity contribution < 1.29 is 9.53 Å². The van der Waals surface area contributed by atoms with Gasteiger partial charge in [0.05, 0.1) is 6.61 Å². The zero-order valence-electron chi connectivity index (χ0n) is 17.5. The van der Waals surface area contributed by atoms with Crippen molar-refractivity contribution in [3.05, 3.63) is 59.7 Å². The Labute approximate surface area is 170 Å². The number of rotatable bonds is 12. The average Bonchev–Trinajstić information content (AvgIpc) is 3.02. The normalized spacial score (nSPS) is 13.9. The molecule has 0 bridgehead atoms. The van der Waals surface area contributed by atoms with E-state index in [2.05, 4.69) is 62.4 Å². The zero-order chi connectivity index (χ0) is 19.8. The number of hydrogen-bond acceptors (Lipinski definition) is 2. The second-order valence-corrected chi connectivity index (χ2v) is 7.99. The summed E-state index contributed by atoms with van der Waals surface area (Å²) in [6.07, 6.45) is 8.77. The van der Waals surface area contributed by atoms with Crippen molar-refractivity contribution in [3.8, 4) is 11.1 Å². The van der Waals surface area contributed by atoms with E-state index in [1.807, 2.05) is 0 Å². The smallest absolute Gasteiger partial charge is 0.150 e. The van der Waals surface area contributed by atoms with Gasteiger partial charge in [0.1, 0.15) is 11.2 Å². The highest BCUT2D eigenvalue weighted by atomic mass is 16.5. The SMILES string of the molecule is CCCCCCCCC(=O)C1(COCCC)c2ccccc2-c2ccccc21. The monoisotopic (exact) mass is 378 g/mol. The first-order valence-electron chi connectivity index (χ1n) is 11.1. The molecular weight excluding hydrogens is 344 g/mol. The third-order valence-corrected chi connectivity index (χ3v) is 5.96. The Kier molecular flexibility index (Phi) is 7.44. The lowest BCUT2D eigenvalue weighted by Gasteiger charge is -2.30. The van der Waals surface area contributed by atoms with Crippen molar-refractivity contribution >= 4 is 5.78 Å². The number of carbonyl (C=O) groups excluding carboxylic acids is 1. The minimum atomic E-state index is -0.647. The maximum Gasteiger partial charge on any atom is 0.150 e.